The Bertz CT molecular complexity index is 1380. The van der Waals surface area contributed by atoms with Gasteiger partial charge in [-0.05, 0) is 67.8 Å². The van der Waals surface area contributed by atoms with Crippen LogP contribution in [0, 0.1) is 0 Å². The van der Waals surface area contributed by atoms with Crippen LogP contribution in [-0.2, 0) is 34.0 Å². The molecule has 218 valence electrons. The maximum atomic E-state index is 13.6. The molecule has 3 aromatic rings. The van der Waals surface area contributed by atoms with Gasteiger partial charge in [-0.2, -0.15) is 17.5 Å². The summed E-state index contributed by atoms with van der Waals surface area (Å²) in [6.07, 6.45) is -2.49. The van der Waals surface area contributed by atoms with Gasteiger partial charge in [0, 0.05) is 12.6 Å². The van der Waals surface area contributed by atoms with Crippen molar-refractivity contribution in [3.8, 4) is 11.5 Å². The zero-order valence-corrected chi connectivity index (χ0v) is 23.6. The Balaban J connectivity index is 1.89. The molecule has 0 saturated carbocycles. The third-order valence-corrected chi connectivity index (χ3v) is 8.50. The Morgan fingerprint density at radius 3 is 2.35 bits per heavy atom. The van der Waals surface area contributed by atoms with Gasteiger partial charge in [-0.3, -0.25) is 4.79 Å². The van der Waals surface area contributed by atoms with E-state index in [1.807, 2.05) is 6.07 Å². The fraction of sp³-hybridized carbons (Fsp3) is 0.393. The number of nitrogens with zero attached hydrogens (tertiary/aromatic N) is 2. The second-order valence-corrected chi connectivity index (χ2v) is 11.1. The molecule has 0 radical (unpaired) electrons. The highest BCUT2D eigenvalue weighted by Crippen LogP contribution is 2.32. The zero-order chi connectivity index (χ0) is 29.5. The summed E-state index contributed by atoms with van der Waals surface area (Å²) in [5, 5.41) is 0. The molecule has 1 atom stereocenters. The standard InChI is InChI=1S/C28H33F3N2O6S/c1-5-20(2)33(40(35,36)24-10-6-8-22(17-24)28(29,30)31)19-27(34)32(18-23-9-7-15-39-23)14-13-21-11-12-25(37-3)26(16-21)38-4/h6-12,15-17,20H,5,13-14,18-19H2,1-4H3. The molecule has 12 heteroatoms. The van der Waals surface area contributed by atoms with Crippen molar-refractivity contribution in [2.24, 2.45) is 0 Å². The molecule has 8 nitrogen and oxygen atoms in total. The number of halogens is 3. The van der Waals surface area contributed by atoms with Gasteiger partial charge in [-0.25, -0.2) is 8.42 Å². The van der Waals surface area contributed by atoms with Crippen molar-refractivity contribution < 1.29 is 40.3 Å². The van der Waals surface area contributed by atoms with Crippen LogP contribution in [0.4, 0.5) is 13.2 Å². The molecular weight excluding hydrogens is 549 g/mol. The van der Waals surface area contributed by atoms with Crippen LogP contribution < -0.4 is 9.47 Å². The van der Waals surface area contributed by atoms with Crippen molar-refractivity contribution >= 4 is 15.9 Å². The van der Waals surface area contributed by atoms with Crippen LogP contribution in [0.15, 0.2) is 70.2 Å². The SMILES string of the molecule is CCC(C)N(CC(=O)N(CCc1ccc(OC)c(OC)c1)Cc1ccco1)S(=O)(=O)c1cccc(C(F)(F)F)c1. The number of furan rings is 1. The minimum Gasteiger partial charge on any atom is -0.493 e. The Morgan fingerprint density at radius 2 is 1.75 bits per heavy atom. The Labute approximate surface area is 232 Å². The quantitative estimate of drug-likeness (QED) is 0.269. The molecule has 1 aromatic heterocycles. The fourth-order valence-electron chi connectivity index (χ4n) is 4.07. The zero-order valence-electron chi connectivity index (χ0n) is 22.8. The number of hydrogen-bond donors (Lipinski definition) is 0. The minimum absolute atomic E-state index is 0.0804. The number of rotatable bonds is 13. The summed E-state index contributed by atoms with van der Waals surface area (Å²) in [4.78, 5) is 14.5. The third-order valence-electron chi connectivity index (χ3n) is 6.54. The predicted molar refractivity (Wildman–Crippen MR) is 142 cm³/mol. The topological polar surface area (TPSA) is 89.3 Å². The summed E-state index contributed by atoms with van der Waals surface area (Å²) < 4.78 is 84.0. The fourth-order valence-corrected chi connectivity index (χ4v) is 5.77. The van der Waals surface area contributed by atoms with Crippen LogP contribution >= 0.6 is 0 Å². The highest BCUT2D eigenvalue weighted by Gasteiger charge is 2.35. The molecule has 1 unspecified atom stereocenters. The number of ether oxygens (including phenoxy) is 2. The van der Waals surface area contributed by atoms with E-state index in [1.54, 1.807) is 38.1 Å². The van der Waals surface area contributed by atoms with E-state index in [2.05, 4.69) is 0 Å². The number of sulfonamides is 1. The first-order chi connectivity index (χ1) is 18.9. The molecule has 0 saturated heterocycles. The highest BCUT2D eigenvalue weighted by molar-refractivity contribution is 7.89. The molecule has 0 bridgehead atoms. The van der Waals surface area contributed by atoms with Crippen LogP contribution in [0.3, 0.4) is 0 Å². The molecule has 0 fully saturated rings. The first-order valence-electron chi connectivity index (χ1n) is 12.6. The van der Waals surface area contributed by atoms with Crippen LogP contribution in [0.1, 0.15) is 37.2 Å². The van der Waals surface area contributed by atoms with Crippen molar-refractivity contribution in [3.05, 3.63) is 77.7 Å². The maximum absolute atomic E-state index is 13.6. The molecule has 2 aromatic carbocycles. The van der Waals surface area contributed by atoms with E-state index < -0.39 is 45.2 Å². The van der Waals surface area contributed by atoms with Crippen molar-refractivity contribution in [1.29, 1.82) is 0 Å². The molecule has 0 spiro atoms. The van der Waals surface area contributed by atoms with E-state index >= 15 is 0 Å². The van der Waals surface area contributed by atoms with E-state index in [4.69, 9.17) is 13.9 Å². The highest BCUT2D eigenvalue weighted by atomic mass is 32.2. The number of benzene rings is 2. The summed E-state index contributed by atoms with van der Waals surface area (Å²) in [7, 11) is -1.40. The van der Waals surface area contributed by atoms with Gasteiger partial charge in [0.25, 0.3) is 0 Å². The van der Waals surface area contributed by atoms with Gasteiger partial charge in [0.1, 0.15) is 5.76 Å². The Hall–Kier alpha value is -3.51. The number of carbonyl (C=O) groups is 1. The molecule has 0 aliphatic heterocycles. The monoisotopic (exact) mass is 582 g/mol. The van der Waals surface area contributed by atoms with Crippen molar-refractivity contribution in [1.82, 2.24) is 9.21 Å². The molecule has 0 aliphatic carbocycles. The first kappa shape index (κ1) is 31.0. The predicted octanol–water partition coefficient (Wildman–Crippen LogP) is 5.38. The van der Waals surface area contributed by atoms with Gasteiger partial charge in [-0.1, -0.05) is 19.1 Å². The molecule has 0 aliphatic rings. The van der Waals surface area contributed by atoms with Crippen molar-refractivity contribution in [2.75, 3.05) is 27.3 Å². The number of carbonyl (C=O) groups excluding carboxylic acids is 1. The van der Waals surface area contributed by atoms with Gasteiger partial charge in [0.05, 0.1) is 44.0 Å². The van der Waals surface area contributed by atoms with E-state index in [-0.39, 0.29) is 13.1 Å². The maximum Gasteiger partial charge on any atom is 0.416 e. The molecular formula is C28H33F3N2O6S. The lowest BCUT2D eigenvalue weighted by atomic mass is 10.1. The van der Waals surface area contributed by atoms with Crippen LogP contribution in [0.2, 0.25) is 0 Å². The lowest BCUT2D eigenvalue weighted by Gasteiger charge is -2.30. The van der Waals surface area contributed by atoms with E-state index in [0.29, 0.717) is 36.2 Å². The minimum atomic E-state index is -4.72. The summed E-state index contributed by atoms with van der Waals surface area (Å²) in [5.41, 5.74) is -0.233. The van der Waals surface area contributed by atoms with Gasteiger partial charge in [-0.15, -0.1) is 0 Å². The van der Waals surface area contributed by atoms with E-state index in [1.165, 1.54) is 25.4 Å². The largest absolute Gasteiger partial charge is 0.493 e. The van der Waals surface area contributed by atoms with Gasteiger partial charge < -0.3 is 18.8 Å². The smallest absolute Gasteiger partial charge is 0.416 e. The van der Waals surface area contributed by atoms with Crippen molar-refractivity contribution in [3.63, 3.8) is 0 Å². The van der Waals surface area contributed by atoms with Gasteiger partial charge in [0.2, 0.25) is 15.9 Å². The number of hydrogen-bond acceptors (Lipinski definition) is 6. The second-order valence-electron chi connectivity index (χ2n) is 9.17. The molecule has 1 heterocycles. The number of methoxy groups -OCH3 is 2. The molecule has 0 N–H and O–H groups in total. The summed E-state index contributed by atoms with van der Waals surface area (Å²) in [6.45, 7) is 3.09. The third kappa shape index (κ3) is 7.57. The summed E-state index contributed by atoms with van der Waals surface area (Å²) in [5.74, 6) is 1.06. The molecule has 40 heavy (non-hydrogen) atoms. The number of amides is 1. The normalized spacial score (nSPS) is 12.8. The van der Waals surface area contributed by atoms with E-state index in [9.17, 15) is 26.4 Å². The lowest BCUT2D eigenvalue weighted by molar-refractivity contribution is -0.137. The van der Waals surface area contributed by atoms with Crippen LogP contribution in [-0.4, -0.2) is 56.9 Å². The van der Waals surface area contributed by atoms with E-state index in [0.717, 1.165) is 28.1 Å². The average Bonchev–Trinajstić information content (AvgIpc) is 3.46. The Morgan fingerprint density at radius 1 is 1.02 bits per heavy atom. The van der Waals surface area contributed by atoms with Crippen molar-refractivity contribution in [2.45, 2.75) is 50.3 Å². The molecule has 3 rings (SSSR count). The Kier molecular flexibility index (Phi) is 10.3. The van der Waals surface area contributed by atoms with Crippen LogP contribution in [0.25, 0.3) is 0 Å². The van der Waals surface area contributed by atoms with Crippen LogP contribution in [0.5, 0.6) is 11.5 Å². The van der Waals surface area contributed by atoms with Gasteiger partial charge in [0.15, 0.2) is 11.5 Å². The average molecular weight is 583 g/mol. The lowest BCUT2D eigenvalue weighted by Crippen LogP contribution is -2.46. The first-order valence-corrected chi connectivity index (χ1v) is 14.0. The summed E-state index contributed by atoms with van der Waals surface area (Å²) >= 11 is 0. The second kappa shape index (κ2) is 13.2. The molecule has 1 amide bonds. The number of alkyl halides is 3. The van der Waals surface area contributed by atoms with Gasteiger partial charge >= 0.3 is 6.18 Å². The summed E-state index contributed by atoms with van der Waals surface area (Å²) in [6, 6.07) is 11.6.